The summed E-state index contributed by atoms with van der Waals surface area (Å²) in [6.45, 7) is 0. The molecule has 98 valence electrons. The molecule has 0 spiro atoms. The van der Waals surface area contributed by atoms with Gasteiger partial charge >= 0.3 is 0 Å². The molecular weight excluding hydrogens is 330 g/mol. The van der Waals surface area contributed by atoms with Crippen LogP contribution in [0.2, 0.25) is 0 Å². The zero-order chi connectivity index (χ0) is 13.8. The van der Waals surface area contributed by atoms with Gasteiger partial charge in [0.05, 0.1) is 21.5 Å². The first kappa shape index (κ1) is 13.9. The summed E-state index contributed by atoms with van der Waals surface area (Å²) in [5.74, 6) is 0.138. The van der Waals surface area contributed by atoms with E-state index in [1.54, 1.807) is 42.5 Å². The minimum Gasteiger partial charge on any atom is -0.258 e. The van der Waals surface area contributed by atoms with E-state index < -0.39 is 15.7 Å². The Labute approximate surface area is 121 Å². The van der Waals surface area contributed by atoms with Crippen LogP contribution in [-0.2, 0) is 16.6 Å². The maximum absolute atomic E-state index is 12.2. The molecule has 0 aliphatic carbocycles. The summed E-state index contributed by atoms with van der Waals surface area (Å²) in [6.07, 6.45) is 0. The molecule has 0 aliphatic rings. The fourth-order valence-electron chi connectivity index (χ4n) is 1.62. The van der Waals surface area contributed by atoms with E-state index in [-0.39, 0.29) is 11.4 Å². The number of nitro benzene ring substituents is 1. The standard InChI is InChI=1S/C13H10BrNO3S/c14-11-5-7-12(8-6-11)19(18)9-10-3-1-2-4-13(10)15(16)17/h1-8H,9H2/t19-/m1/s1. The van der Waals surface area contributed by atoms with Crippen LogP contribution in [0.15, 0.2) is 57.9 Å². The van der Waals surface area contributed by atoms with Crippen molar-refractivity contribution >= 4 is 32.4 Å². The van der Waals surface area contributed by atoms with Gasteiger partial charge in [-0.05, 0) is 24.3 Å². The summed E-state index contributed by atoms with van der Waals surface area (Å²) in [4.78, 5) is 11.1. The van der Waals surface area contributed by atoms with Crippen LogP contribution in [0.25, 0.3) is 0 Å². The first-order valence-corrected chi connectivity index (χ1v) is 7.55. The Bertz CT molecular complexity index is 628. The second-order valence-corrected chi connectivity index (χ2v) is 6.20. The predicted molar refractivity (Wildman–Crippen MR) is 77.4 cm³/mol. The molecule has 6 heteroatoms. The van der Waals surface area contributed by atoms with Crippen LogP contribution in [0.4, 0.5) is 5.69 Å². The molecule has 0 saturated heterocycles. The largest absolute Gasteiger partial charge is 0.273 e. The van der Waals surface area contributed by atoms with E-state index >= 15 is 0 Å². The molecule has 0 saturated carbocycles. The van der Waals surface area contributed by atoms with Gasteiger partial charge in [0.1, 0.15) is 0 Å². The molecule has 2 aromatic rings. The predicted octanol–water partition coefficient (Wildman–Crippen LogP) is 3.67. The number of nitro groups is 1. The number of nitrogens with zero attached hydrogens (tertiary/aromatic N) is 1. The van der Waals surface area contributed by atoms with Gasteiger partial charge in [0.15, 0.2) is 0 Å². The second-order valence-electron chi connectivity index (χ2n) is 3.83. The van der Waals surface area contributed by atoms with E-state index in [1.165, 1.54) is 6.07 Å². The zero-order valence-electron chi connectivity index (χ0n) is 9.78. The molecular formula is C13H10BrNO3S. The highest BCUT2D eigenvalue weighted by Crippen LogP contribution is 2.22. The van der Waals surface area contributed by atoms with E-state index in [1.807, 2.05) is 0 Å². The fraction of sp³-hybridized carbons (Fsp3) is 0.0769. The highest BCUT2D eigenvalue weighted by atomic mass is 79.9. The van der Waals surface area contributed by atoms with Crippen molar-refractivity contribution in [3.8, 4) is 0 Å². The summed E-state index contributed by atoms with van der Waals surface area (Å²) in [5.41, 5.74) is 0.488. The molecule has 4 nitrogen and oxygen atoms in total. The zero-order valence-corrected chi connectivity index (χ0v) is 12.2. The van der Waals surface area contributed by atoms with Crippen LogP contribution in [0, 0.1) is 10.1 Å². The van der Waals surface area contributed by atoms with E-state index in [2.05, 4.69) is 15.9 Å². The molecule has 0 bridgehead atoms. The molecule has 0 aliphatic heterocycles. The molecule has 19 heavy (non-hydrogen) atoms. The van der Waals surface area contributed by atoms with Crippen LogP contribution in [0.1, 0.15) is 5.56 Å². The Morgan fingerprint density at radius 3 is 2.37 bits per heavy atom. The third-order valence-corrected chi connectivity index (χ3v) is 4.45. The third-order valence-electron chi connectivity index (χ3n) is 2.55. The molecule has 0 heterocycles. The number of rotatable bonds is 4. The lowest BCUT2D eigenvalue weighted by molar-refractivity contribution is -0.385. The Morgan fingerprint density at radius 2 is 1.74 bits per heavy atom. The van der Waals surface area contributed by atoms with Crippen LogP contribution in [0.5, 0.6) is 0 Å². The summed E-state index contributed by atoms with van der Waals surface area (Å²) in [7, 11) is -1.29. The van der Waals surface area contributed by atoms with Gasteiger partial charge in [-0.1, -0.05) is 34.1 Å². The van der Waals surface area contributed by atoms with Gasteiger partial charge in [-0.15, -0.1) is 0 Å². The van der Waals surface area contributed by atoms with Crippen LogP contribution < -0.4 is 0 Å². The highest BCUT2D eigenvalue weighted by molar-refractivity contribution is 9.10. The summed E-state index contributed by atoms with van der Waals surface area (Å²) >= 11 is 3.30. The molecule has 2 rings (SSSR count). The SMILES string of the molecule is O=[N+]([O-])c1ccccc1C[S@@](=O)c1ccc(Br)cc1. The van der Waals surface area contributed by atoms with Gasteiger partial charge in [-0.2, -0.15) is 0 Å². The van der Waals surface area contributed by atoms with E-state index in [4.69, 9.17) is 0 Å². The number of hydrogen-bond donors (Lipinski definition) is 0. The third kappa shape index (κ3) is 3.48. The lowest BCUT2D eigenvalue weighted by atomic mass is 10.2. The monoisotopic (exact) mass is 339 g/mol. The van der Waals surface area contributed by atoms with Crippen molar-refractivity contribution < 1.29 is 9.13 Å². The van der Waals surface area contributed by atoms with Gasteiger partial charge in [0.25, 0.3) is 5.69 Å². The maximum Gasteiger partial charge on any atom is 0.273 e. The van der Waals surface area contributed by atoms with Crippen molar-refractivity contribution in [3.63, 3.8) is 0 Å². The number of para-hydroxylation sites is 1. The Kier molecular flexibility index (Phi) is 4.44. The quantitative estimate of drug-likeness (QED) is 0.630. The van der Waals surface area contributed by atoms with Crippen LogP contribution in [-0.4, -0.2) is 9.13 Å². The Morgan fingerprint density at radius 1 is 1.11 bits per heavy atom. The van der Waals surface area contributed by atoms with Crippen molar-refractivity contribution in [2.75, 3.05) is 0 Å². The normalized spacial score (nSPS) is 12.1. The van der Waals surface area contributed by atoms with Crippen molar-refractivity contribution in [3.05, 3.63) is 68.7 Å². The van der Waals surface area contributed by atoms with E-state index in [9.17, 15) is 14.3 Å². The number of hydrogen-bond acceptors (Lipinski definition) is 3. The van der Waals surface area contributed by atoms with Gasteiger partial charge < -0.3 is 0 Å². The van der Waals surface area contributed by atoms with E-state index in [0.717, 1.165) is 4.47 Å². The molecule has 0 aromatic heterocycles. The van der Waals surface area contributed by atoms with Crippen molar-refractivity contribution in [1.82, 2.24) is 0 Å². The minimum absolute atomic E-state index is 0.00737. The van der Waals surface area contributed by atoms with Crippen molar-refractivity contribution in [2.45, 2.75) is 10.6 Å². The number of benzene rings is 2. The first-order valence-electron chi connectivity index (χ1n) is 5.44. The topological polar surface area (TPSA) is 60.2 Å². The minimum atomic E-state index is -1.29. The van der Waals surface area contributed by atoms with Crippen LogP contribution >= 0.6 is 15.9 Å². The summed E-state index contributed by atoms with van der Waals surface area (Å²) in [5, 5.41) is 10.9. The smallest absolute Gasteiger partial charge is 0.258 e. The van der Waals surface area contributed by atoms with Crippen molar-refractivity contribution in [2.24, 2.45) is 0 Å². The second kappa shape index (κ2) is 6.08. The first-order chi connectivity index (χ1) is 9.08. The van der Waals surface area contributed by atoms with Crippen molar-refractivity contribution in [1.29, 1.82) is 0 Å². The van der Waals surface area contributed by atoms with E-state index in [0.29, 0.717) is 10.5 Å². The molecule has 0 radical (unpaired) electrons. The number of halogens is 1. The van der Waals surface area contributed by atoms with Gasteiger partial charge in [-0.25, -0.2) is 0 Å². The molecule has 1 atom stereocenters. The Balaban J connectivity index is 2.24. The lowest BCUT2D eigenvalue weighted by Gasteiger charge is -2.04. The highest BCUT2D eigenvalue weighted by Gasteiger charge is 2.15. The molecule has 2 aromatic carbocycles. The summed E-state index contributed by atoms with van der Waals surface area (Å²) < 4.78 is 13.1. The fourth-order valence-corrected chi connectivity index (χ4v) is 3.02. The van der Waals surface area contributed by atoms with Gasteiger partial charge in [0, 0.05) is 21.0 Å². The molecule has 0 unspecified atom stereocenters. The molecule has 0 fully saturated rings. The van der Waals surface area contributed by atoms with Crippen LogP contribution in [0.3, 0.4) is 0 Å². The lowest BCUT2D eigenvalue weighted by Crippen LogP contribution is -2.00. The summed E-state index contributed by atoms with van der Waals surface area (Å²) in [6, 6.07) is 13.5. The van der Waals surface area contributed by atoms with Gasteiger partial charge in [0.2, 0.25) is 0 Å². The van der Waals surface area contributed by atoms with Gasteiger partial charge in [-0.3, -0.25) is 14.3 Å². The molecule has 0 N–H and O–H groups in total. The average Bonchev–Trinajstić information content (AvgIpc) is 2.39. The average molecular weight is 340 g/mol. The Hall–Kier alpha value is -1.53. The molecule has 0 amide bonds. The maximum atomic E-state index is 12.2.